The maximum absolute atomic E-state index is 12.1. The lowest BCUT2D eigenvalue weighted by molar-refractivity contribution is -0.161. The topological polar surface area (TPSA) is 72.8 Å². The van der Waals surface area contributed by atoms with Gasteiger partial charge in [-0.15, -0.1) is 0 Å². The zero-order valence-corrected chi connectivity index (χ0v) is 26.5. The fraction of sp³-hybridized carbons (Fsp3) is 0.722. The second-order valence-electron chi connectivity index (χ2n) is 10.9. The molecule has 0 saturated heterocycles. The lowest BCUT2D eigenvalue weighted by Gasteiger charge is -2.15. The molecule has 0 aromatic rings. The smallest absolute Gasteiger partial charge is 0.306 e. The van der Waals surface area contributed by atoms with E-state index in [0.717, 1.165) is 64.2 Å². The molecule has 0 radical (unpaired) electrons. The van der Waals surface area contributed by atoms with Crippen LogP contribution in [-0.2, 0) is 19.1 Å². The Kier molecular flexibility index (Phi) is 30.7. The van der Waals surface area contributed by atoms with Gasteiger partial charge in [-0.1, -0.05) is 133 Å². The summed E-state index contributed by atoms with van der Waals surface area (Å²) in [6.45, 7) is 3.96. The van der Waals surface area contributed by atoms with Gasteiger partial charge in [0.1, 0.15) is 6.61 Å². The largest absolute Gasteiger partial charge is 0.462 e. The van der Waals surface area contributed by atoms with Gasteiger partial charge in [-0.2, -0.15) is 0 Å². The van der Waals surface area contributed by atoms with E-state index >= 15 is 0 Å². The molecular formula is C36H62O5. The Morgan fingerprint density at radius 3 is 1.59 bits per heavy atom. The van der Waals surface area contributed by atoms with Crippen LogP contribution in [0.5, 0.6) is 0 Å². The predicted molar refractivity (Wildman–Crippen MR) is 173 cm³/mol. The molecule has 0 aliphatic carbocycles. The van der Waals surface area contributed by atoms with E-state index in [4.69, 9.17) is 9.47 Å². The Bertz CT molecular complexity index is 707. The van der Waals surface area contributed by atoms with Gasteiger partial charge in [-0.05, 0) is 51.4 Å². The summed E-state index contributed by atoms with van der Waals surface area (Å²) in [5.74, 6) is -0.643. The molecule has 1 atom stereocenters. The van der Waals surface area contributed by atoms with Gasteiger partial charge in [0.05, 0.1) is 6.61 Å². The van der Waals surface area contributed by atoms with Crippen molar-refractivity contribution in [1.82, 2.24) is 0 Å². The zero-order chi connectivity index (χ0) is 30.1. The van der Waals surface area contributed by atoms with Crippen LogP contribution in [-0.4, -0.2) is 36.4 Å². The monoisotopic (exact) mass is 574 g/mol. The molecule has 0 unspecified atom stereocenters. The number of aliphatic hydroxyl groups excluding tert-OH is 1. The van der Waals surface area contributed by atoms with E-state index in [1.54, 1.807) is 0 Å². The van der Waals surface area contributed by atoms with Crippen LogP contribution < -0.4 is 0 Å². The van der Waals surface area contributed by atoms with Gasteiger partial charge in [-0.25, -0.2) is 0 Å². The molecule has 5 heteroatoms. The molecule has 0 aliphatic heterocycles. The lowest BCUT2D eigenvalue weighted by atomic mass is 10.0. The standard InChI is InChI=1S/C36H62O5/c1-3-5-7-9-11-13-15-17-18-19-21-22-24-26-28-30-35(38)40-33-34(32-37)41-36(39)31-29-27-25-23-20-16-14-12-10-8-6-4-2/h5,7,11,13,17-18,21-22,34,37H,3-4,6,8-10,12,14-16,19-20,23-33H2,1-2H3/b7-5+,13-11+,18-17+,22-21+/t34-/m0/s1. The third-order valence-corrected chi connectivity index (χ3v) is 6.89. The Morgan fingerprint density at radius 1 is 0.585 bits per heavy atom. The molecule has 0 aromatic heterocycles. The molecule has 5 nitrogen and oxygen atoms in total. The SMILES string of the molecule is CC/C=C/C/C=C/C/C=C/C/C=C/CCCCC(=O)OC[C@H](CO)OC(=O)CCCCCCCCCCCCCC. The summed E-state index contributed by atoms with van der Waals surface area (Å²) in [6, 6.07) is 0. The number of carbonyl (C=O) groups is 2. The first-order valence-electron chi connectivity index (χ1n) is 16.7. The molecule has 0 aromatic carbocycles. The molecule has 236 valence electrons. The Hall–Kier alpha value is -2.14. The summed E-state index contributed by atoms with van der Waals surface area (Å²) >= 11 is 0. The van der Waals surface area contributed by atoms with Crippen LogP contribution in [0.4, 0.5) is 0 Å². The highest BCUT2D eigenvalue weighted by Crippen LogP contribution is 2.13. The molecule has 1 N–H and O–H groups in total. The van der Waals surface area contributed by atoms with E-state index in [9.17, 15) is 14.7 Å². The minimum absolute atomic E-state index is 0.0869. The molecule has 0 aliphatic rings. The quantitative estimate of drug-likeness (QED) is 0.0547. The minimum atomic E-state index is -0.784. The molecule has 0 bridgehead atoms. The normalized spacial score (nSPS) is 12.8. The van der Waals surface area contributed by atoms with E-state index in [1.165, 1.54) is 57.8 Å². The third-order valence-electron chi connectivity index (χ3n) is 6.89. The average Bonchev–Trinajstić information content (AvgIpc) is 2.97. The van der Waals surface area contributed by atoms with Crippen molar-refractivity contribution in [3.05, 3.63) is 48.6 Å². The van der Waals surface area contributed by atoms with Crippen LogP contribution in [0.25, 0.3) is 0 Å². The fourth-order valence-corrected chi connectivity index (χ4v) is 4.37. The van der Waals surface area contributed by atoms with Crippen LogP contribution in [0.1, 0.15) is 149 Å². The number of unbranched alkanes of at least 4 members (excludes halogenated alkanes) is 13. The average molecular weight is 575 g/mol. The van der Waals surface area contributed by atoms with Crippen LogP contribution in [0, 0.1) is 0 Å². The van der Waals surface area contributed by atoms with E-state index in [2.05, 4.69) is 62.5 Å². The van der Waals surface area contributed by atoms with E-state index in [0.29, 0.717) is 12.8 Å². The van der Waals surface area contributed by atoms with E-state index in [-0.39, 0.29) is 25.2 Å². The van der Waals surface area contributed by atoms with Gasteiger partial charge in [0.15, 0.2) is 6.10 Å². The van der Waals surface area contributed by atoms with Crippen molar-refractivity contribution in [3.63, 3.8) is 0 Å². The lowest BCUT2D eigenvalue weighted by Crippen LogP contribution is -2.28. The number of carbonyl (C=O) groups excluding carboxylic acids is 2. The number of aliphatic hydroxyl groups is 1. The van der Waals surface area contributed by atoms with Gasteiger partial charge in [0.2, 0.25) is 0 Å². The molecule has 0 heterocycles. The van der Waals surface area contributed by atoms with Crippen molar-refractivity contribution in [2.45, 2.75) is 155 Å². The van der Waals surface area contributed by atoms with Gasteiger partial charge >= 0.3 is 11.9 Å². The summed E-state index contributed by atoms with van der Waals surface area (Å²) in [5, 5.41) is 9.49. The van der Waals surface area contributed by atoms with E-state index in [1.807, 2.05) is 0 Å². The summed E-state index contributed by atoms with van der Waals surface area (Å²) in [5.41, 5.74) is 0. The predicted octanol–water partition coefficient (Wildman–Crippen LogP) is 9.89. The number of ether oxygens (including phenoxy) is 2. The minimum Gasteiger partial charge on any atom is -0.462 e. The molecule has 0 spiro atoms. The van der Waals surface area contributed by atoms with Crippen molar-refractivity contribution in [2.75, 3.05) is 13.2 Å². The summed E-state index contributed by atoms with van der Waals surface area (Å²) in [6.07, 6.45) is 38.8. The van der Waals surface area contributed by atoms with Crippen LogP contribution in [0.2, 0.25) is 0 Å². The van der Waals surface area contributed by atoms with Crippen molar-refractivity contribution in [3.8, 4) is 0 Å². The Labute approximate surface area is 252 Å². The zero-order valence-electron chi connectivity index (χ0n) is 26.5. The molecule has 0 saturated carbocycles. The van der Waals surface area contributed by atoms with Crippen LogP contribution >= 0.6 is 0 Å². The maximum Gasteiger partial charge on any atom is 0.306 e. The number of hydrogen-bond acceptors (Lipinski definition) is 5. The van der Waals surface area contributed by atoms with Crippen molar-refractivity contribution >= 4 is 11.9 Å². The fourth-order valence-electron chi connectivity index (χ4n) is 4.37. The molecule has 0 amide bonds. The van der Waals surface area contributed by atoms with Gasteiger partial charge in [0.25, 0.3) is 0 Å². The highest BCUT2D eigenvalue weighted by Gasteiger charge is 2.16. The number of rotatable bonds is 29. The second kappa shape index (κ2) is 32.4. The first-order valence-corrected chi connectivity index (χ1v) is 16.7. The molecule has 41 heavy (non-hydrogen) atoms. The summed E-state index contributed by atoms with van der Waals surface area (Å²) in [7, 11) is 0. The van der Waals surface area contributed by atoms with Crippen molar-refractivity contribution in [2.24, 2.45) is 0 Å². The maximum atomic E-state index is 12.1. The third kappa shape index (κ3) is 30.6. The molecule has 0 fully saturated rings. The van der Waals surface area contributed by atoms with Gasteiger partial charge < -0.3 is 14.6 Å². The number of hydrogen-bond donors (Lipinski definition) is 1. The Morgan fingerprint density at radius 2 is 1.05 bits per heavy atom. The molecule has 0 rings (SSSR count). The highest BCUT2D eigenvalue weighted by atomic mass is 16.6. The first-order chi connectivity index (χ1) is 20.1. The highest BCUT2D eigenvalue weighted by molar-refractivity contribution is 5.70. The molecular weight excluding hydrogens is 512 g/mol. The van der Waals surface area contributed by atoms with Crippen LogP contribution in [0.15, 0.2) is 48.6 Å². The summed E-state index contributed by atoms with van der Waals surface area (Å²) < 4.78 is 10.5. The van der Waals surface area contributed by atoms with E-state index < -0.39 is 6.10 Å². The van der Waals surface area contributed by atoms with Crippen LogP contribution in [0.3, 0.4) is 0 Å². The second-order valence-corrected chi connectivity index (χ2v) is 10.9. The van der Waals surface area contributed by atoms with Gasteiger partial charge in [-0.3, -0.25) is 9.59 Å². The summed E-state index contributed by atoms with van der Waals surface area (Å²) in [4.78, 5) is 24.1. The number of esters is 2. The van der Waals surface area contributed by atoms with Crippen molar-refractivity contribution < 1.29 is 24.2 Å². The van der Waals surface area contributed by atoms with Gasteiger partial charge in [0, 0.05) is 12.8 Å². The number of allylic oxidation sites excluding steroid dienone is 8. The Balaban J connectivity index is 3.68. The first kappa shape index (κ1) is 38.9. The van der Waals surface area contributed by atoms with Crippen molar-refractivity contribution in [1.29, 1.82) is 0 Å².